The molecule has 0 spiro atoms. The van der Waals surface area contributed by atoms with Gasteiger partial charge in [0, 0.05) is 6.42 Å². The van der Waals surface area contributed by atoms with Crippen LogP contribution in [0.4, 0.5) is 0 Å². The molecule has 0 bridgehead atoms. The van der Waals surface area contributed by atoms with Crippen LogP contribution in [0, 0.1) is 0 Å². The van der Waals surface area contributed by atoms with Gasteiger partial charge in [-0.15, -0.1) is 0 Å². The van der Waals surface area contributed by atoms with Crippen molar-refractivity contribution >= 4 is 5.97 Å². The van der Waals surface area contributed by atoms with Gasteiger partial charge in [-0.05, 0) is 70.6 Å². The Bertz CT molecular complexity index is 953. The lowest BCUT2D eigenvalue weighted by atomic mass is 10.0. The number of aliphatic hydroxyl groups is 5. The van der Waals surface area contributed by atoms with Gasteiger partial charge in [0.2, 0.25) is 0 Å². The van der Waals surface area contributed by atoms with E-state index in [9.17, 15) is 30.3 Å². The summed E-state index contributed by atoms with van der Waals surface area (Å²) in [5.74, 6) is -0.263. The van der Waals surface area contributed by atoms with Crippen LogP contribution in [-0.4, -0.2) is 81.7 Å². The van der Waals surface area contributed by atoms with E-state index in [0.717, 1.165) is 135 Å². The van der Waals surface area contributed by atoms with Gasteiger partial charge in [-0.25, -0.2) is 0 Å². The number of carbonyl (C=O) groups is 1. The zero-order valence-electron chi connectivity index (χ0n) is 44.1. The van der Waals surface area contributed by atoms with Crippen LogP contribution in [0.5, 0.6) is 0 Å². The molecule has 0 aliphatic heterocycles. The van der Waals surface area contributed by atoms with Gasteiger partial charge >= 0.3 is 5.97 Å². The molecule has 0 saturated carbocycles. The highest BCUT2D eigenvalue weighted by Crippen LogP contribution is 2.19. The average Bonchev–Trinajstić information content (AvgIpc) is 3.30. The van der Waals surface area contributed by atoms with Gasteiger partial charge < -0.3 is 39.7 Å². The van der Waals surface area contributed by atoms with Gasteiger partial charge in [-0.1, -0.05) is 233 Å². The summed E-state index contributed by atoms with van der Waals surface area (Å²) in [6, 6.07) is 0. The lowest BCUT2D eigenvalue weighted by molar-refractivity contribution is -0.197. The van der Waals surface area contributed by atoms with Gasteiger partial charge in [0.25, 0.3) is 0 Å². The third-order valence-corrected chi connectivity index (χ3v) is 13.6. The zero-order valence-corrected chi connectivity index (χ0v) is 44.1. The van der Waals surface area contributed by atoms with Crippen molar-refractivity contribution in [2.24, 2.45) is 0 Å². The monoisotopic (exact) mass is 943 g/mol. The molecular formula is C57H114O9. The number of carbonyl (C=O) groups excluding carboxylic acids is 1. The minimum atomic E-state index is -0.982. The Morgan fingerprint density at radius 1 is 0.333 bits per heavy atom. The number of esters is 1. The lowest BCUT2D eigenvalue weighted by Gasteiger charge is -2.23. The summed E-state index contributed by atoms with van der Waals surface area (Å²) in [5.41, 5.74) is 0. The van der Waals surface area contributed by atoms with Crippen LogP contribution in [0.2, 0.25) is 0 Å². The predicted octanol–water partition coefficient (Wildman–Crippen LogP) is 15.3. The molecule has 6 unspecified atom stereocenters. The predicted molar refractivity (Wildman–Crippen MR) is 277 cm³/mol. The smallest absolute Gasteiger partial charge is 0.305 e. The number of unbranched alkanes of at least 4 members (excludes halogenated alkanes) is 30. The number of hydrogen-bond acceptors (Lipinski definition) is 9. The second-order valence-corrected chi connectivity index (χ2v) is 20.4. The SMILES string of the molecule is CCCCCCC(O)CCCCCCCCCCC(=O)OCC(COC(O)CCCCCCCCCCC(O)CCCCCC)OC(O)CCCCCCCCCCC(O)CCCCCC. The topological polar surface area (TPSA) is 146 Å². The number of hydrogen-bond donors (Lipinski definition) is 5. The maximum Gasteiger partial charge on any atom is 0.305 e. The lowest BCUT2D eigenvalue weighted by Crippen LogP contribution is -2.33. The van der Waals surface area contributed by atoms with Crippen LogP contribution in [0.3, 0.4) is 0 Å². The van der Waals surface area contributed by atoms with Gasteiger partial charge in [0.1, 0.15) is 12.7 Å². The molecule has 5 N–H and O–H groups in total. The minimum Gasteiger partial charge on any atom is -0.463 e. The Kier molecular flexibility index (Phi) is 51.4. The summed E-state index contributed by atoms with van der Waals surface area (Å²) in [7, 11) is 0. The molecule has 0 saturated heterocycles. The standard InChI is InChI=1S/C57H114O9/c1-4-7-10-31-40-51(58)43-34-25-19-13-16-22-28-37-46-55(61)64-49-54(66-57(63)48-39-30-24-18-15-21-27-36-45-53(60)42-33-12-9-6-3)50-65-56(62)47-38-29-23-17-14-20-26-35-44-52(59)41-32-11-8-5-2/h51-55,57-61,63H,4-50H2,1-3H3. The molecule has 0 fully saturated rings. The molecule has 396 valence electrons. The van der Waals surface area contributed by atoms with Crippen LogP contribution in [0.1, 0.15) is 310 Å². The maximum absolute atomic E-state index is 12.7. The average molecular weight is 944 g/mol. The van der Waals surface area contributed by atoms with Crippen LogP contribution in [-0.2, 0) is 19.0 Å². The first-order chi connectivity index (χ1) is 32.2. The maximum atomic E-state index is 12.7. The minimum absolute atomic E-state index is 0.0101. The molecule has 6 atom stereocenters. The van der Waals surface area contributed by atoms with Gasteiger partial charge in [0.15, 0.2) is 12.6 Å². The molecule has 0 heterocycles. The van der Waals surface area contributed by atoms with E-state index >= 15 is 0 Å². The largest absolute Gasteiger partial charge is 0.463 e. The number of rotatable bonds is 55. The van der Waals surface area contributed by atoms with Crippen molar-refractivity contribution in [1.82, 2.24) is 0 Å². The van der Waals surface area contributed by atoms with E-state index in [-0.39, 0.29) is 37.5 Å². The third kappa shape index (κ3) is 49.6. The van der Waals surface area contributed by atoms with Crippen molar-refractivity contribution in [2.45, 2.75) is 347 Å². The highest BCUT2D eigenvalue weighted by molar-refractivity contribution is 5.69. The normalized spacial score (nSPS) is 14.6. The molecule has 0 amide bonds. The Hall–Kier alpha value is -0.810. The molecule has 0 aliphatic rings. The summed E-state index contributed by atoms with van der Waals surface area (Å²) in [5, 5.41) is 52.0. The Balaban J connectivity index is 4.40. The molecule has 66 heavy (non-hydrogen) atoms. The highest BCUT2D eigenvalue weighted by Gasteiger charge is 2.19. The van der Waals surface area contributed by atoms with Crippen molar-refractivity contribution in [2.75, 3.05) is 13.2 Å². The first-order valence-corrected chi connectivity index (χ1v) is 29.0. The van der Waals surface area contributed by atoms with E-state index in [2.05, 4.69) is 20.8 Å². The molecule has 0 aromatic heterocycles. The van der Waals surface area contributed by atoms with Crippen molar-refractivity contribution in [1.29, 1.82) is 0 Å². The summed E-state index contributed by atoms with van der Waals surface area (Å²) in [6.07, 6.45) is 45.3. The second kappa shape index (κ2) is 52.0. The number of aliphatic hydroxyl groups excluding tert-OH is 5. The summed E-state index contributed by atoms with van der Waals surface area (Å²) in [4.78, 5) is 12.7. The molecule has 0 rings (SSSR count). The van der Waals surface area contributed by atoms with Crippen LogP contribution in [0.25, 0.3) is 0 Å². The van der Waals surface area contributed by atoms with E-state index < -0.39 is 18.7 Å². The van der Waals surface area contributed by atoms with Crippen molar-refractivity contribution in [3.63, 3.8) is 0 Å². The Labute approximate surface area is 409 Å². The van der Waals surface area contributed by atoms with E-state index in [1.54, 1.807) is 0 Å². The fraction of sp³-hybridized carbons (Fsp3) is 0.982. The fourth-order valence-corrected chi connectivity index (χ4v) is 9.06. The molecule has 9 heteroatoms. The Morgan fingerprint density at radius 2 is 0.606 bits per heavy atom. The molecule has 0 aliphatic carbocycles. The van der Waals surface area contributed by atoms with Crippen molar-refractivity contribution in [3.8, 4) is 0 Å². The van der Waals surface area contributed by atoms with Crippen LogP contribution in [0.15, 0.2) is 0 Å². The third-order valence-electron chi connectivity index (χ3n) is 13.6. The second-order valence-electron chi connectivity index (χ2n) is 20.4. The highest BCUT2D eigenvalue weighted by atomic mass is 16.7. The number of ether oxygens (including phenoxy) is 3. The van der Waals surface area contributed by atoms with Gasteiger partial charge in [0.05, 0.1) is 24.9 Å². The van der Waals surface area contributed by atoms with E-state index in [1.165, 1.54) is 135 Å². The van der Waals surface area contributed by atoms with Gasteiger partial charge in [-0.2, -0.15) is 0 Å². The fourth-order valence-electron chi connectivity index (χ4n) is 9.06. The summed E-state index contributed by atoms with van der Waals surface area (Å²) in [6.45, 7) is 6.69. The van der Waals surface area contributed by atoms with E-state index in [0.29, 0.717) is 19.3 Å². The first-order valence-electron chi connectivity index (χ1n) is 29.0. The summed E-state index contributed by atoms with van der Waals surface area (Å²) >= 11 is 0. The molecule has 0 radical (unpaired) electrons. The molecule has 9 nitrogen and oxygen atoms in total. The molecule has 0 aromatic rings. The quantitative estimate of drug-likeness (QED) is 0.0228. The van der Waals surface area contributed by atoms with E-state index in [1.807, 2.05) is 0 Å². The van der Waals surface area contributed by atoms with E-state index in [4.69, 9.17) is 14.2 Å². The summed E-state index contributed by atoms with van der Waals surface area (Å²) < 4.78 is 17.3. The first kappa shape index (κ1) is 65.2. The van der Waals surface area contributed by atoms with Crippen LogP contribution < -0.4 is 0 Å². The molecular weight excluding hydrogens is 829 g/mol. The molecule has 0 aromatic carbocycles. The zero-order chi connectivity index (χ0) is 48.4. The Morgan fingerprint density at radius 3 is 0.939 bits per heavy atom. The van der Waals surface area contributed by atoms with Crippen molar-refractivity contribution < 1.29 is 44.5 Å². The van der Waals surface area contributed by atoms with Crippen LogP contribution >= 0.6 is 0 Å². The van der Waals surface area contributed by atoms with Crippen molar-refractivity contribution in [3.05, 3.63) is 0 Å². The van der Waals surface area contributed by atoms with Gasteiger partial charge in [-0.3, -0.25) is 4.79 Å².